The molecule has 0 aliphatic heterocycles. The zero-order valence-corrected chi connectivity index (χ0v) is 7.78. The molecule has 0 unspecified atom stereocenters. The topological polar surface area (TPSA) is 12.9 Å². The first-order valence-corrected chi connectivity index (χ1v) is 5.71. The molecule has 2 aromatic heterocycles. The van der Waals surface area contributed by atoms with Gasteiger partial charge in [0, 0.05) is 16.1 Å². The summed E-state index contributed by atoms with van der Waals surface area (Å²) in [6.07, 6.45) is 2.06. The molecule has 0 spiro atoms. The highest BCUT2D eigenvalue weighted by Crippen LogP contribution is 2.31. The molecular weight excluding hydrogens is 182 g/mol. The molecule has 0 aliphatic rings. The highest BCUT2D eigenvalue weighted by Gasteiger charge is 2.03. The number of nitrogens with zero attached hydrogens (tertiary/aromatic N) is 1. The number of thiophene rings is 1. The fourth-order valence-electron chi connectivity index (χ4n) is 0.799. The van der Waals surface area contributed by atoms with Crippen molar-refractivity contribution in [1.29, 1.82) is 0 Å². The van der Waals surface area contributed by atoms with Crippen molar-refractivity contribution in [1.82, 2.24) is 4.37 Å². The Morgan fingerprint density at radius 2 is 2.40 bits per heavy atom. The Morgan fingerprint density at radius 1 is 1.50 bits per heavy atom. The van der Waals surface area contributed by atoms with Crippen LogP contribution in [0.1, 0.15) is 0 Å². The molecule has 0 atom stereocenters. The van der Waals surface area contributed by atoms with E-state index < -0.39 is 0 Å². The standard InChI is InChI=1S/C6H5NS3/c1-8-6-4-2-9-3-5(4)10-7-6/h2-3H,1H3. The summed E-state index contributed by atoms with van der Waals surface area (Å²) in [7, 11) is 0. The van der Waals surface area contributed by atoms with Crippen LogP contribution < -0.4 is 0 Å². The van der Waals surface area contributed by atoms with Gasteiger partial charge in [0.05, 0.1) is 4.70 Å². The molecule has 10 heavy (non-hydrogen) atoms. The molecule has 0 saturated carbocycles. The summed E-state index contributed by atoms with van der Waals surface area (Å²) in [5, 5.41) is 6.79. The van der Waals surface area contributed by atoms with Crippen molar-refractivity contribution in [2.45, 2.75) is 5.03 Å². The molecule has 0 fully saturated rings. The molecule has 2 heterocycles. The van der Waals surface area contributed by atoms with Gasteiger partial charge in [0.25, 0.3) is 0 Å². The minimum absolute atomic E-state index is 1.17. The highest BCUT2D eigenvalue weighted by molar-refractivity contribution is 7.98. The van der Waals surface area contributed by atoms with Crippen LogP contribution in [0.5, 0.6) is 0 Å². The molecular formula is C6H5NS3. The maximum absolute atomic E-state index is 4.29. The second-order valence-corrected chi connectivity index (χ2v) is 4.19. The van der Waals surface area contributed by atoms with Crippen molar-refractivity contribution in [3.63, 3.8) is 0 Å². The smallest absolute Gasteiger partial charge is 0.118 e. The third-order valence-electron chi connectivity index (χ3n) is 1.28. The Labute approximate surface area is 71.2 Å². The summed E-state index contributed by atoms with van der Waals surface area (Å²) < 4.78 is 5.60. The molecule has 0 N–H and O–H groups in total. The SMILES string of the molecule is CSc1nsc2cscc12. The maximum Gasteiger partial charge on any atom is 0.118 e. The molecule has 0 saturated heterocycles. The summed E-state index contributed by atoms with van der Waals surface area (Å²) >= 11 is 5.05. The Bertz CT molecular complexity index is 335. The predicted molar refractivity (Wildman–Crippen MR) is 49.3 cm³/mol. The molecule has 0 aliphatic carbocycles. The zero-order chi connectivity index (χ0) is 6.97. The third-order valence-corrected chi connectivity index (χ3v) is 3.79. The van der Waals surface area contributed by atoms with E-state index in [0.717, 1.165) is 0 Å². The number of hydrogen-bond donors (Lipinski definition) is 0. The Morgan fingerprint density at radius 3 is 3.20 bits per heavy atom. The summed E-state index contributed by atoms with van der Waals surface area (Å²) in [6.45, 7) is 0. The van der Waals surface area contributed by atoms with Gasteiger partial charge in [-0.2, -0.15) is 15.7 Å². The largest absolute Gasteiger partial charge is 0.185 e. The monoisotopic (exact) mass is 187 g/mol. The minimum atomic E-state index is 1.17. The quantitative estimate of drug-likeness (QED) is 0.636. The van der Waals surface area contributed by atoms with Crippen LogP contribution in [0.15, 0.2) is 15.8 Å². The Hall–Kier alpha value is -0.0600. The molecule has 0 aromatic carbocycles. The summed E-state index contributed by atoms with van der Waals surface area (Å²) in [6, 6.07) is 0. The van der Waals surface area contributed by atoms with Gasteiger partial charge in [-0.15, -0.1) is 11.8 Å². The van der Waals surface area contributed by atoms with E-state index in [-0.39, 0.29) is 0 Å². The lowest BCUT2D eigenvalue weighted by Gasteiger charge is -1.82. The summed E-state index contributed by atoms with van der Waals surface area (Å²) in [5.74, 6) is 0. The van der Waals surface area contributed by atoms with E-state index in [9.17, 15) is 0 Å². The van der Waals surface area contributed by atoms with Crippen molar-refractivity contribution in [2.24, 2.45) is 0 Å². The third kappa shape index (κ3) is 0.872. The van der Waals surface area contributed by atoms with E-state index in [1.54, 1.807) is 34.6 Å². The van der Waals surface area contributed by atoms with Crippen LogP contribution in [-0.4, -0.2) is 10.6 Å². The maximum atomic E-state index is 4.29. The Balaban J connectivity index is 2.76. The van der Waals surface area contributed by atoms with Crippen LogP contribution in [0.3, 0.4) is 0 Å². The average Bonchev–Trinajstić information content (AvgIpc) is 2.44. The minimum Gasteiger partial charge on any atom is -0.185 e. The van der Waals surface area contributed by atoms with Gasteiger partial charge in [-0.05, 0) is 17.8 Å². The van der Waals surface area contributed by atoms with Crippen molar-refractivity contribution in [2.75, 3.05) is 6.26 Å². The van der Waals surface area contributed by atoms with E-state index >= 15 is 0 Å². The van der Waals surface area contributed by atoms with Gasteiger partial charge in [0.1, 0.15) is 5.03 Å². The lowest BCUT2D eigenvalue weighted by molar-refractivity contribution is 1.34. The lowest BCUT2D eigenvalue weighted by atomic mass is 10.5. The van der Waals surface area contributed by atoms with Crippen LogP contribution in [0, 0.1) is 0 Å². The second kappa shape index (κ2) is 2.53. The average molecular weight is 187 g/mol. The first kappa shape index (κ1) is 6.64. The van der Waals surface area contributed by atoms with Gasteiger partial charge in [0.2, 0.25) is 0 Å². The fraction of sp³-hybridized carbons (Fsp3) is 0.167. The van der Waals surface area contributed by atoms with E-state index in [4.69, 9.17) is 0 Å². The van der Waals surface area contributed by atoms with Crippen LogP contribution in [-0.2, 0) is 0 Å². The molecule has 1 nitrogen and oxygen atoms in total. The predicted octanol–water partition coefficient (Wildman–Crippen LogP) is 3.08. The number of hydrogen-bond acceptors (Lipinski definition) is 4. The van der Waals surface area contributed by atoms with Crippen molar-refractivity contribution < 1.29 is 0 Å². The number of fused-ring (bicyclic) bond motifs is 1. The normalized spacial score (nSPS) is 10.9. The van der Waals surface area contributed by atoms with Gasteiger partial charge in [-0.25, -0.2) is 0 Å². The fourth-order valence-corrected chi connectivity index (χ4v) is 3.38. The van der Waals surface area contributed by atoms with E-state index in [2.05, 4.69) is 21.4 Å². The molecule has 0 bridgehead atoms. The van der Waals surface area contributed by atoms with Crippen LogP contribution in [0.4, 0.5) is 0 Å². The van der Waals surface area contributed by atoms with Crippen molar-refractivity contribution in [3.8, 4) is 0 Å². The van der Waals surface area contributed by atoms with Crippen LogP contribution in [0.25, 0.3) is 10.1 Å². The van der Waals surface area contributed by atoms with Gasteiger partial charge >= 0.3 is 0 Å². The summed E-state index contributed by atoms with van der Waals surface area (Å²) in [4.78, 5) is 0. The van der Waals surface area contributed by atoms with E-state index in [0.29, 0.717) is 0 Å². The molecule has 52 valence electrons. The van der Waals surface area contributed by atoms with Gasteiger partial charge in [-0.1, -0.05) is 0 Å². The first-order chi connectivity index (χ1) is 4.92. The Kier molecular flexibility index (Phi) is 1.68. The highest BCUT2D eigenvalue weighted by atomic mass is 32.2. The molecule has 4 heteroatoms. The van der Waals surface area contributed by atoms with E-state index in [1.165, 1.54) is 15.1 Å². The van der Waals surface area contributed by atoms with Crippen molar-refractivity contribution in [3.05, 3.63) is 10.8 Å². The molecule has 0 radical (unpaired) electrons. The number of aromatic nitrogens is 1. The first-order valence-electron chi connectivity index (χ1n) is 2.77. The van der Waals surface area contributed by atoms with E-state index in [1.807, 2.05) is 0 Å². The number of rotatable bonds is 1. The lowest BCUT2D eigenvalue weighted by Crippen LogP contribution is -1.62. The zero-order valence-electron chi connectivity index (χ0n) is 5.33. The van der Waals surface area contributed by atoms with Gasteiger partial charge in [-0.3, -0.25) is 0 Å². The second-order valence-electron chi connectivity index (χ2n) is 1.84. The van der Waals surface area contributed by atoms with Crippen molar-refractivity contribution >= 4 is 44.7 Å². The van der Waals surface area contributed by atoms with Gasteiger partial charge < -0.3 is 0 Å². The summed E-state index contributed by atoms with van der Waals surface area (Å²) in [5.41, 5.74) is 0. The van der Waals surface area contributed by atoms with Crippen LogP contribution in [0.2, 0.25) is 0 Å². The number of thioether (sulfide) groups is 1. The van der Waals surface area contributed by atoms with Gasteiger partial charge in [0.15, 0.2) is 0 Å². The molecule has 2 aromatic rings. The van der Waals surface area contributed by atoms with Crippen LogP contribution >= 0.6 is 34.6 Å². The molecule has 2 rings (SSSR count). The molecule has 0 amide bonds.